The summed E-state index contributed by atoms with van der Waals surface area (Å²) in [5, 5.41) is 3.10. The highest BCUT2D eigenvalue weighted by atomic mass is 19.1. The minimum Gasteiger partial charge on any atom is -0.497 e. The lowest BCUT2D eigenvalue weighted by molar-refractivity contribution is -0.138. The fraction of sp³-hybridized carbons (Fsp3) is 0.440. The lowest BCUT2D eigenvalue weighted by Crippen LogP contribution is -2.54. The van der Waals surface area contributed by atoms with Crippen LogP contribution in [0.25, 0.3) is 0 Å². The molecule has 0 spiro atoms. The van der Waals surface area contributed by atoms with E-state index in [4.69, 9.17) is 4.74 Å². The molecule has 1 aliphatic carbocycles. The summed E-state index contributed by atoms with van der Waals surface area (Å²) in [5.74, 6) is 0.506. The van der Waals surface area contributed by atoms with Gasteiger partial charge in [-0.05, 0) is 80.5 Å². The summed E-state index contributed by atoms with van der Waals surface area (Å²) in [6.07, 6.45) is 5.29. The second kappa shape index (κ2) is 7.66. The molecule has 2 unspecified atom stereocenters. The first kappa shape index (κ1) is 20.0. The van der Waals surface area contributed by atoms with E-state index in [2.05, 4.69) is 10.2 Å². The number of halogens is 1. The Kier molecular flexibility index (Phi) is 4.95. The van der Waals surface area contributed by atoms with Crippen molar-refractivity contribution in [2.75, 3.05) is 7.11 Å². The number of amides is 2. The molecular formula is C25H27FN2O3. The summed E-state index contributed by atoms with van der Waals surface area (Å²) >= 11 is 0. The lowest BCUT2D eigenvalue weighted by atomic mass is 9.90. The number of benzene rings is 2. The molecule has 0 radical (unpaired) electrons. The average molecular weight is 423 g/mol. The average Bonchev–Trinajstić information content (AvgIpc) is 3.55. The van der Waals surface area contributed by atoms with Crippen molar-refractivity contribution in [2.24, 2.45) is 0 Å². The van der Waals surface area contributed by atoms with Crippen LogP contribution in [-0.4, -0.2) is 41.9 Å². The van der Waals surface area contributed by atoms with Crippen LogP contribution in [0.15, 0.2) is 48.5 Å². The molecule has 0 aromatic heterocycles. The van der Waals surface area contributed by atoms with Gasteiger partial charge < -0.3 is 15.0 Å². The maximum atomic E-state index is 13.7. The third-order valence-corrected chi connectivity index (χ3v) is 7.21. The first-order valence-electron chi connectivity index (χ1n) is 11.0. The van der Waals surface area contributed by atoms with Gasteiger partial charge in [0, 0.05) is 23.7 Å². The SMILES string of the molecule is COc1ccc(C2(C(=O)N3C4CCC3CC(NC(=O)c3ccc(F)cc3)C4)CC2)cc1. The second-order valence-corrected chi connectivity index (χ2v) is 9.06. The molecule has 2 heterocycles. The number of hydrogen-bond acceptors (Lipinski definition) is 3. The van der Waals surface area contributed by atoms with Gasteiger partial charge in [0.15, 0.2) is 0 Å². The summed E-state index contributed by atoms with van der Waals surface area (Å²) in [6.45, 7) is 0. The van der Waals surface area contributed by atoms with Crippen LogP contribution < -0.4 is 10.1 Å². The molecule has 3 aliphatic rings. The standard InChI is InChI=1S/C25H27FN2O3/c1-31-22-10-4-17(5-11-22)25(12-13-25)24(30)28-20-8-9-21(28)15-19(14-20)27-23(29)16-2-6-18(26)7-3-16/h2-7,10-11,19-21H,8-9,12-15H2,1H3,(H,27,29). The molecule has 2 atom stereocenters. The first-order valence-corrected chi connectivity index (χ1v) is 11.0. The fourth-order valence-corrected chi connectivity index (χ4v) is 5.40. The summed E-state index contributed by atoms with van der Waals surface area (Å²) in [7, 11) is 1.64. The van der Waals surface area contributed by atoms with Gasteiger partial charge in [0.25, 0.3) is 5.91 Å². The van der Waals surface area contributed by atoms with Crippen molar-refractivity contribution in [1.82, 2.24) is 10.2 Å². The number of piperidine rings is 1. The van der Waals surface area contributed by atoms with Crippen molar-refractivity contribution in [3.63, 3.8) is 0 Å². The highest BCUT2D eigenvalue weighted by Crippen LogP contribution is 2.52. The van der Waals surface area contributed by atoms with E-state index in [9.17, 15) is 14.0 Å². The third-order valence-electron chi connectivity index (χ3n) is 7.21. The molecule has 1 saturated carbocycles. The summed E-state index contributed by atoms with van der Waals surface area (Å²) < 4.78 is 18.4. The summed E-state index contributed by atoms with van der Waals surface area (Å²) in [6, 6.07) is 13.9. The molecule has 2 bridgehead atoms. The number of nitrogens with zero attached hydrogens (tertiary/aromatic N) is 1. The van der Waals surface area contributed by atoms with Crippen LogP contribution in [-0.2, 0) is 10.2 Å². The van der Waals surface area contributed by atoms with E-state index in [0.717, 1.165) is 49.8 Å². The Morgan fingerprint density at radius 2 is 1.61 bits per heavy atom. The number of rotatable bonds is 5. The highest BCUT2D eigenvalue weighted by molar-refractivity contribution is 5.94. The van der Waals surface area contributed by atoms with E-state index in [-0.39, 0.29) is 35.8 Å². The minimum atomic E-state index is -0.392. The monoisotopic (exact) mass is 422 g/mol. The molecule has 162 valence electrons. The van der Waals surface area contributed by atoms with Crippen molar-refractivity contribution < 1.29 is 18.7 Å². The molecule has 5 rings (SSSR count). The van der Waals surface area contributed by atoms with Gasteiger partial charge in [-0.2, -0.15) is 0 Å². The molecule has 2 amide bonds. The molecule has 2 aromatic rings. The number of hydrogen-bond donors (Lipinski definition) is 1. The van der Waals surface area contributed by atoms with E-state index >= 15 is 0 Å². The highest BCUT2D eigenvalue weighted by Gasteiger charge is 2.57. The Hall–Kier alpha value is -2.89. The molecule has 2 aliphatic heterocycles. The number of nitrogens with one attached hydrogen (secondary N) is 1. The quantitative estimate of drug-likeness (QED) is 0.797. The molecule has 6 heteroatoms. The summed E-state index contributed by atoms with van der Waals surface area (Å²) in [4.78, 5) is 28.3. The second-order valence-electron chi connectivity index (χ2n) is 9.06. The minimum absolute atomic E-state index is 0.0373. The Labute approximate surface area is 181 Å². The smallest absolute Gasteiger partial charge is 0.251 e. The lowest BCUT2D eigenvalue weighted by Gasteiger charge is -2.41. The van der Waals surface area contributed by atoms with Crippen molar-refractivity contribution in [3.05, 3.63) is 65.5 Å². The summed E-state index contributed by atoms with van der Waals surface area (Å²) in [5.41, 5.74) is 1.14. The van der Waals surface area contributed by atoms with E-state index in [1.54, 1.807) is 7.11 Å². The van der Waals surface area contributed by atoms with E-state index in [1.165, 1.54) is 24.3 Å². The van der Waals surface area contributed by atoms with Crippen LogP contribution in [0.1, 0.15) is 54.4 Å². The molecule has 2 aromatic carbocycles. The van der Waals surface area contributed by atoms with Gasteiger partial charge in [-0.15, -0.1) is 0 Å². The Balaban J connectivity index is 1.27. The number of methoxy groups -OCH3 is 1. The fourth-order valence-electron chi connectivity index (χ4n) is 5.40. The Morgan fingerprint density at radius 1 is 1.00 bits per heavy atom. The molecular weight excluding hydrogens is 395 g/mol. The van der Waals surface area contributed by atoms with Gasteiger partial charge in [-0.3, -0.25) is 9.59 Å². The molecule has 3 fully saturated rings. The third kappa shape index (κ3) is 3.58. The van der Waals surface area contributed by atoms with E-state index in [1.807, 2.05) is 24.3 Å². The van der Waals surface area contributed by atoms with Crippen LogP contribution >= 0.6 is 0 Å². The van der Waals surface area contributed by atoms with Crippen molar-refractivity contribution in [3.8, 4) is 5.75 Å². The number of carbonyl (C=O) groups is 2. The van der Waals surface area contributed by atoms with Crippen LogP contribution in [0.5, 0.6) is 5.75 Å². The zero-order valence-corrected chi connectivity index (χ0v) is 17.6. The number of ether oxygens (including phenoxy) is 1. The molecule has 2 saturated heterocycles. The zero-order valence-electron chi connectivity index (χ0n) is 17.6. The van der Waals surface area contributed by atoms with E-state index < -0.39 is 5.41 Å². The van der Waals surface area contributed by atoms with Gasteiger partial charge >= 0.3 is 0 Å². The van der Waals surface area contributed by atoms with Crippen LogP contribution in [0.2, 0.25) is 0 Å². The molecule has 1 N–H and O–H groups in total. The van der Waals surface area contributed by atoms with E-state index in [0.29, 0.717) is 5.56 Å². The van der Waals surface area contributed by atoms with Crippen LogP contribution in [0, 0.1) is 5.82 Å². The Morgan fingerprint density at radius 3 is 2.16 bits per heavy atom. The maximum absolute atomic E-state index is 13.7. The predicted octanol–water partition coefficient (Wildman–Crippen LogP) is 3.82. The van der Waals surface area contributed by atoms with Gasteiger partial charge in [-0.1, -0.05) is 12.1 Å². The van der Waals surface area contributed by atoms with Gasteiger partial charge in [0.2, 0.25) is 5.91 Å². The number of fused-ring (bicyclic) bond motifs is 2. The topological polar surface area (TPSA) is 58.6 Å². The number of carbonyl (C=O) groups excluding carboxylic acids is 2. The van der Waals surface area contributed by atoms with Crippen LogP contribution in [0.4, 0.5) is 4.39 Å². The maximum Gasteiger partial charge on any atom is 0.251 e. The van der Waals surface area contributed by atoms with Crippen molar-refractivity contribution >= 4 is 11.8 Å². The Bertz CT molecular complexity index is 971. The predicted molar refractivity (Wildman–Crippen MR) is 114 cm³/mol. The zero-order chi connectivity index (χ0) is 21.6. The largest absolute Gasteiger partial charge is 0.497 e. The van der Waals surface area contributed by atoms with Crippen molar-refractivity contribution in [2.45, 2.75) is 62.1 Å². The van der Waals surface area contributed by atoms with Gasteiger partial charge in [0.1, 0.15) is 11.6 Å². The molecule has 31 heavy (non-hydrogen) atoms. The normalized spacial score (nSPS) is 25.7. The van der Waals surface area contributed by atoms with Crippen LogP contribution in [0.3, 0.4) is 0 Å². The molecule has 5 nitrogen and oxygen atoms in total. The van der Waals surface area contributed by atoms with Crippen molar-refractivity contribution in [1.29, 1.82) is 0 Å². The van der Waals surface area contributed by atoms with Gasteiger partial charge in [-0.25, -0.2) is 4.39 Å². The first-order chi connectivity index (χ1) is 15.0. The van der Waals surface area contributed by atoms with Gasteiger partial charge in [0.05, 0.1) is 12.5 Å².